The zero-order valence-corrected chi connectivity index (χ0v) is 12.4. The molecule has 0 aliphatic carbocycles. The Morgan fingerprint density at radius 3 is 2.87 bits per heavy atom. The second-order valence-electron chi connectivity index (χ2n) is 4.74. The van der Waals surface area contributed by atoms with Gasteiger partial charge in [-0.3, -0.25) is 4.79 Å². The van der Waals surface area contributed by atoms with Crippen molar-refractivity contribution in [3.63, 3.8) is 0 Å². The summed E-state index contributed by atoms with van der Waals surface area (Å²) in [6, 6.07) is 10.8. The Kier molecular flexibility index (Phi) is 4.01. The van der Waals surface area contributed by atoms with Crippen LogP contribution in [0.2, 0.25) is 0 Å². The molecule has 118 valence electrons. The fraction of sp³-hybridized carbons (Fsp3) is 0.125. The molecule has 2 heterocycles. The highest BCUT2D eigenvalue weighted by atomic mass is 16.5. The van der Waals surface area contributed by atoms with E-state index in [9.17, 15) is 4.79 Å². The maximum Gasteiger partial charge on any atom is 0.259 e. The van der Waals surface area contributed by atoms with Crippen LogP contribution >= 0.6 is 0 Å². The van der Waals surface area contributed by atoms with Gasteiger partial charge in [0.2, 0.25) is 5.88 Å². The predicted octanol–water partition coefficient (Wildman–Crippen LogP) is 2.46. The maximum absolute atomic E-state index is 12.4. The van der Waals surface area contributed by atoms with E-state index in [0.29, 0.717) is 11.5 Å². The van der Waals surface area contributed by atoms with Gasteiger partial charge >= 0.3 is 0 Å². The summed E-state index contributed by atoms with van der Waals surface area (Å²) >= 11 is 0. The first-order valence-electron chi connectivity index (χ1n) is 6.90. The number of amides is 1. The first-order chi connectivity index (χ1) is 11.2. The highest BCUT2D eigenvalue weighted by Gasteiger charge is 2.24. The molecule has 0 spiro atoms. The molecule has 3 rings (SSSR count). The lowest BCUT2D eigenvalue weighted by molar-refractivity contribution is 0.0951. The molecule has 0 saturated carbocycles. The van der Waals surface area contributed by atoms with Crippen molar-refractivity contribution in [1.29, 1.82) is 0 Å². The summed E-state index contributed by atoms with van der Waals surface area (Å²) in [7, 11) is 1.58. The fourth-order valence-corrected chi connectivity index (χ4v) is 2.22. The highest BCUT2D eigenvalue weighted by molar-refractivity contribution is 6.03. The van der Waals surface area contributed by atoms with Crippen LogP contribution in [-0.2, 0) is 6.54 Å². The number of methoxy groups -OCH3 is 1. The first-order valence-corrected chi connectivity index (χ1v) is 6.90. The monoisotopic (exact) mass is 313 g/mol. The lowest BCUT2D eigenvalue weighted by Crippen LogP contribution is -2.24. The molecule has 7 nitrogen and oxygen atoms in total. The van der Waals surface area contributed by atoms with Crippen LogP contribution in [-0.4, -0.2) is 18.2 Å². The van der Waals surface area contributed by atoms with Crippen molar-refractivity contribution < 1.29 is 18.5 Å². The SMILES string of the molecule is COc1ccccc1CNC(=O)c1c(-c2ccco2)noc1N. The van der Waals surface area contributed by atoms with Crippen LogP contribution < -0.4 is 15.8 Å². The third-order valence-corrected chi connectivity index (χ3v) is 3.33. The number of aromatic nitrogens is 1. The number of hydrogen-bond donors (Lipinski definition) is 2. The van der Waals surface area contributed by atoms with Crippen molar-refractivity contribution in [2.75, 3.05) is 12.8 Å². The van der Waals surface area contributed by atoms with Crippen molar-refractivity contribution >= 4 is 11.8 Å². The van der Waals surface area contributed by atoms with Crippen LogP contribution in [0.25, 0.3) is 11.5 Å². The molecule has 23 heavy (non-hydrogen) atoms. The first kappa shape index (κ1) is 14.7. The minimum absolute atomic E-state index is 0.0612. The van der Waals surface area contributed by atoms with Gasteiger partial charge in [0.15, 0.2) is 11.5 Å². The number of nitrogens with zero attached hydrogens (tertiary/aromatic N) is 1. The summed E-state index contributed by atoms with van der Waals surface area (Å²) in [6.45, 7) is 0.283. The van der Waals surface area contributed by atoms with E-state index in [1.54, 1.807) is 19.2 Å². The van der Waals surface area contributed by atoms with Gasteiger partial charge in [0.05, 0.1) is 13.4 Å². The average Bonchev–Trinajstić information content (AvgIpc) is 3.22. The topological polar surface area (TPSA) is 104 Å². The zero-order valence-electron chi connectivity index (χ0n) is 12.4. The summed E-state index contributed by atoms with van der Waals surface area (Å²) in [5.74, 6) is 0.639. The van der Waals surface area contributed by atoms with E-state index in [4.69, 9.17) is 19.4 Å². The minimum Gasteiger partial charge on any atom is -0.496 e. The van der Waals surface area contributed by atoms with Crippen LogP contribution in [0.4, 0.5) is 5.88 Å². The number of benzene rings is 1. The molecule has 3 N–H and O–H groups in total. The molecule has 7 heteroatoms. The number of furan rings is 1. The number of rotatable bonds is 5. The molecule has 0 unspecified atom stereocenters. The predicted molar refractivity (Wildman–Crippen MR) is 82.8 cm³/mol. The largest absolute Gasteiger partial charge is 0.496 e. The summed E-state index contributed by atoms with van der Waals surface area (Å²) in [5, 5.41) is 6.57. The third-order valence-electron chi connectivity index (χ3n) is 3.33. The van der Waals surface area contributed by atoms with Gasteiger partial charge in [-0.25, -0.2) is 0 Å². The summed E-state index contributed by atoms with van der Waals surface area (Å²) in [5.41, 5.74) is 6.98. The summed E-state index contributed by atoms with van der Waals surface area (Å²) < 4.78 is 15.4. The molecule has 0 aliphatic heterocycles. The van der Waals surface area contributed by atoms with E-state index >= 15 is 0 Å². The van der Waals surface area contributed by atoms with Crippen molar-refractivity contribution in [1.82, 2.24) is 10.5 Å². The van der Waals surface area contributed by atoms with Gasteiger partial charge in [-0.2, -0.15) is 0 Å². The Morgan fingerprint density at radius 1 is 1.30 bits per heavy atom. The number of nitrogen functional groups attached to an aromatic ring is 1. The van der Waals surface area contributed by atoms with Crippen LogP contribution in [0.3, 0.4) is 0 Å². The molecule has 1 aromatic carbocycles. The Balaban J connectivity index is 1.81. The second-order valence-corrected chi connectivity index (χ2v) is 4.74. The van der Waals surface area contributed by atoms with Gasteiger partial charge in [-0.1, -0.05) is 23.4 Å². The van der Waals surface area contributed by atoms with Gasteiger partial charge in [-0.05, 0) is 18.2 Å². The van der Waals surface area contributed by atoms with Gasteiger partial charge in [0.1, 0.15) is 11.3 Å². The molecular formula is C16H15N3O4. The molecule has 0 bridgehead atoms. The molecule has 0 fully saturated rings. The number of anilines is 1. The summed E-state index contributed by atoms with van der Waals surface area (Å²) in [6.07, 6.45) is 1.48. The highest BCUT2D eigenvalue weighted by Crippen LogP contribution is 2.27. The third kappa shape index (κ3) is 2.89. The number of carbonyl (C=O) groups excluding carboxylic acids is 1. The number of nitrogens with one attached hydrogen (secondary N) is 1. The van der Waals surface area contributed by atoms with E-state index in [1.165, 1.54) is 6.26 Å². The second kappa shape index (κ2) is 6.27. The molecule has 1 amide bonds. The molecule has 0 radical (unpaired) electrons. The standard InChI is InChI=1S/C16H15N3O4/c1-21-11-6-3-2-5-10(11)9-18-16(20)13-14(19-23-15(13)17)12-7-4-8-22-12/h2-8H,9,17H2,1H3,(H,18,20). The van der Waals surface area contributed by atoms with Gasteiger partial charge in [-0.15, -0.1) is 0 Å². The molecular weight excluding hydrogens is 298 g/mol. The summed E-state index contributed by atoms with van der Waals surface area (Å²) in [4.78, 5) is 12.4. The molecule has 2 aromatic heterocycles. The quantitative estimate of drug-likeness (QED) is 0.750. The molecule has 0 aliphatic rings. The van der Waals surface area contributed by atoms with E-state index < -0.39 is 5.91 Å². The lowest BCUT2D eigenvalue weighted by Gasteiger charge is -2.09. The minimum atomic E-state index is -0.402. The van der Waals surface area contributed by atoms with E-state index in [-0.39, 0.29) is 23.7 Å². The van der Waals surface area contributed by atoms with Gasteiger partial charge < -0.3 is 24.7 Å². The van der Waals surface area contributed by atoms with Crippen LogP contribution in [0, 0.1) is 0 Å². The number of ether oxygens (including phenoxy) is 1. The Morgan fingerprint density at radius 2 is 2.13 bits per heavy atom. The lowest BCUT2D eigenvalue weighted by atomic mass is 10.1. The van der Waals surface area contributed by atoms with E-state index in [1.807, 2.05) is 24.3 Å². The van der Waals surface area contributed by atoms with Gasteiger partial charge in [0.25, 0.3) is 5.91 Å². The number of para-hydroxylation sites is 1. The van der Waals surface area contributed by atoms with Crippen molar-refractivity contribution in [2.24, 2.45) is 0 Å². The van der Waals surface area contributed by atoms with Crippen molar-refractivity contribution in [3.05, 3.63) is 53.8 Å². The fourth-order valence-electron chi connectivity index (χ4n) is 2.22. The smallest absolute Gasteiger partial charge is 0.259 e. The Hall–Kier alpha value is -3.22. The Labute approximate surface area is 132 Å². The zero-order chi connectivity index (χ0) is 16.2. The normalized spacial score (nSPS) is 10.5. The van der Waals surface area contributed by atoms with Crippen molar-refractivity contribution in [3.8, 4) is 17.2 Å². The Bertz CT molecular complexity index is 809. The van der Waals surface area contributed by atoms with Crippen LogP contribution in [0.15, 0.2) is 51.6 Å². The molecule has 3 aromatic rings. The van der Waals surface area contributed by atoms with Gasteiger partial charge in [0, 0.05) is 12.1 Å². The average molecular weight is 313 g/mol. The number of hydrogen-bond acceptors (Lipinski definition) is 6. The number of nitrogens with two attached hydrogens (primary N) is 1. The van der Waals surface area contributed by atoms with Crippen LogP contribution in [0.5, 0.6) is 5.75 Å². The van der Waals surface area contributed by atoms with E-state index in [2.05, 4.69) is 10.5 Å². The maximum atomic E-state index is 12.4. The molecule has 0 saturated heterocycles. The van der Waals surface area contributed by atoms with E-state index in [0.717, 1.165) is 5.56 Å². The molecule has 0 atom stereocenters. The van der Waals surface area contributed by atoms with Crippen molar-refractivity contribution in [2.45, 2.75) is 6.54 Å². The number of carbonyl (C=O) groups is 1. The van der Waals surface area contributed by atoms with Crippen LogP contribution in [0.1, 0.15) is 15.9 Å².